The van der Waals surface area contributed by atoms with Crippen LogP contribution in [0.3, 0.4) is 0 Å². The van der Waals surface area contributed by atoms with E-state index in [9.17, 15) is 19.2 Å². The van der Waals surface area contributed by atoms with Crippen LogP contribution in [0.5, 0.6) is 0 Å². The summed E-state index contributed by atoms with van der Waals surface area (Å²) in [5, 5.41) is 35.0. The van der Waals surface area contributed by atoms with Gasteiger partial charge >= 0.3 is 23.9 Å². The van der Waals surface area contributed by atoms with Crippen molar-refractivity contribution in [2.45, 2.75) is 0 Å². The van der Waals surface area contributed by atoms with E-state index >= 15 is 0 Å². The second-order valence-corrected chi connectivity index (χ2v) is 4.32. The molecule has 0 radical (unpaired) electrons. The van der Waals surface area contributed by atoms with Crippen LogP contribution in [0.15, 0.2) is 48.5 Å². The van der Waals surface area contributed by atoms with Crippen LogP contribution in [-0.4, -0.2) is 44.3 Å². The van der Waals surface area contributed by atoms with E-state index in [4.69, 9.17) is 20.4 Å². The lowest BCUT2D eigenvalue weighted by Gasteiger charge is -2.06. The number of hydrogen-bond acceptors (Lipinski definition) is 4. The zero-order valence-corrected chi connectivity index (χ0v) is 12.0. The van der Waals surface area contributed by atoms with Crippen molar-refractivity contribution in [1.82, 2.24) is 0 Å². The van der Waals surface area contributed by atoms with Crippen molar-refractivity contribution in [2.75, 3.05) is 0 Å². The van der Waals surface area contributed by atoms with Crippen LogP contribution in [0.4, 0.5) is 0 Å². The molecule has 4 N–H and O–H groups in total. The molecule has 0 atom stereocenters. The Morgan fingerprint density at radius 2 is 0.625 bits per heavy atom. The molecule has 0 aliphatic rings. The normalized spacial score (nSPS) is 9.33. The van der Waals surface area contributed by atoms with Gasteiger partial charge in [-0.25, -0.2) is 19.2 Å². The van der Waals surface area contributed by atoms with Crippen LogP contribution < -0.4 is 0 Å². The summed E-state index contributed by atoms with van der Waals surface area (Å²) in [5.41, 5.74) is -3.15. The number of rotatable bonds is 4. The molecule has 0 aliphatic carbocycles. The molecule has 2 rings (SSSR count). The van der Waals surface area contributed by atoms with Gasteiger partial charge in [0.1, 0.15) is 0 Å². The highest BCUT2D eigenvalue weighted by molar-refractivity contribution is 6.09. The SMILES string of the molecule is O=C(O)c1cc(C(=O)O)c(C(=O)O)cc1C(=O)O.c1ccccc1. The quantitative estimate of drug-likeness (QED) is 0.665. The molecule has 0 spiro atoms. The molecule has 0 heterocycles. The van der Waals surface area contributed by atoms with Gasteiger partial charge in [-0.15, -0.1) is 0 Å². The van der Waals surface area contributed by atoms with Gasteiger partial charge in [0, 0.05) is 0 Å². The lowest BCUT2D eigenvalue weighted by Crippen LogP contribution is -2.15. The number of carbonyl (C=O) groups is 4. The number of carboxylic acids is 4. The molecule has 0 aliphatic heterocycles. The van der Waals surface area contributed by atoms with Gasteiger partial charge in [-0.1, -0.05) is 36.4 Å². The van der Waals surface area contributed by atoms with Crippen LogP contribution in [0, 0.1) is 0 Å². The molecule has 8 heteroatoms. The summed E-state index contributed by atoms with van der Waals surface area (Å²) in [6, 6.07) is 13.0. The van der Waals surface area contributed by atoms with Crippen LogP contribution in [0.25, 0.3) is 0 Å². The zero-order chi connectivity index (χ0) is 18.3. The summed E-state index contributed by atoms with van der Waals surface area (Å²) in [6.45, 7) is 0. The molecule has 2 aromatic rings. The molecule has 24 heavy (non-hydrogen) atoms. The zero-order valence-electron chi connectivity index (χ0n) is 12.0. The summed E-state index contributed by atoms with van der Waals surface area (Å²) in [5.74, 6) is -6.64. The van der Waals surface area contributed by atoms with Crippen molar-refractivity contribution in [3.05, 3.63) is 70.8 Å². The minimum Gasteiger partial charge on any atom is -0.478 e. The molecule has 0 unspecified atom stereocenters. The fraction of sp³-hybridized carbons (Fsp3) is 0. The summed E-state index contributed by atoms with van der Waals surface area (Å²) in [4.78, 5) is 43.1. The van der Waals surface area contributed by atoms with E-state index in [2.05, 4.69) is 0 Å². The Balaban J connectivity index is 0.000000400. The van der Waals surface area contributed by atoms with Gasteiger partial charge in [-0.3, -0.25) is 0 Å². The Labute approximate surface area is 135 Å². The summed E-state index contributed by atoms with van der Waals surface area (Å²) in [7, 11) is 0. The minimum absolute atomic E-state index is 0.511. The van der Waals surface area contributed by atoms with Gasteiger partial charge in [-0.05, 0) is 12.1 Å². The van der Waals surface area contributed by atoms with Gasteiger partial charge in [0.15, 0.2) is 0 Å². The highest BCUT2D eigenvalue weighted by Gasteiger charge is 2.24. The van der Waals surface area contributed by atoms with E-state index in [-0.39, 0.29) is 0 Å². The third kappa shape index (κ3) is 4.67. The van der Waals surface area contributed by atoms with Gasteiger partial charge < -0.3 is 20.4 Å². The maximum atomic E-state index is 10.8. The number of carboxylic acid groups (broad SMARTS) is 4. The van der Waals surface area contributed by atoms with E-state index in [0.717, 1.165) is 0 Å². The summed E-state index contributed by atoms with van der Waals surface area (Å²) >= 11 is 0. The second-order valence-electron chi connectivity index (χ2n) is 4.32. The number of aromatic carboxylic acids is 4. The van der Waals surface area contributed by atoms with E-state index in [1.807, 2.05) is 36.4 Å². The van der Waals surface area contributed by atoms with Crippen molar-refractivity contribution in [3.63, 3.8) is 0 Å². The van der Waals surface area contributed by atoms with E-state index in [1.54, 1.807) is 0 Å². The fourth-order valence-corrected chi connectivity index (χ4v) is 1.69. The first-order chi connectivity index (χ1) is 11.3. The van der Waals surface area contributed by atoms with E-state index in [1.165, 1.54) is 0 Å². The van der Waals surface area contributed by atoms with Crippen molar-refractivity contribution in [3.8, 4) is 0 Å². The molecule has 0 saturated heterocycles. The standard InChI is InChI=1S/C10H6O8.C6H6/c11-7(12)3-1-4(8(13)14)6(10(17)18)2-5(3)9(15)16;1-2-4-6-5-3-1/h1-2H,(H,11,12)(H,13,14)(H,15,16)(H,17,18);1-6H. The van der Waals surface area contributed by atoms with Crippen LogP contribution >= 0.6 is 0 Å². The van der Waals surface area contributed by atoms with Crippen molar-refractivity contribution in [2.24, 2.45) is 0 Å². The molecule has 2 aromatic carbocycles. The Hall–Kier alpha value is -3.68. The largest absolute Gasteiger partial charge is 0.478 e. The monoisotopic (exact) mass is 332 g/mol. The number of hydrogen-bond donors (Lipinski definition) is 4. The Kier molecular flexibility index (Phi) is 6.19. The third-order valence-electron chi connectivity index (χ3n) is 2.75. The Bertz CT molecular complexity index is 655. The molecule has 0 amide bonds. The van der Waals surface area contributed by atoms with Crippen LogP contribution in [0.2, 0.25) is 0 Å². The predicted octanol–water partition coefficient (Wildman–Crippen LogP) is 2.17. The van der Waals surface area contributed by atoms with Gasteiger partial charge in [-0.2, -0.15) is 0 Å². The van der Waals surface area contributed by atoms with Crippen LogP contribution in [-0.2, 0) is 0 Å². The average Bonchev–Trinajstić information content (AvgIpc) is 2.55. The highest BCUT2D eigenvalue weighted by Crippen LogP contribution is 2.18. The van der Waals surface area contributed by atoms with Crippen molar-refractivity contribution in [1.29, 1.82) is 0 Å². The maximum absolute atomic E-state index is 10.8. The first-order valence-corrected chi connectivity index (χ1v) is 6.37. The first kappa shape index (κ1) is 18.4. The molecule has 0 fully saturated rings. The lowest BCUT2D eigenvalue weighted by molar-refractivity contribution is 0.0637. The van der Waals surface area contributed by atoms with Gasteiger partial charge in [0.2, 0.25) is 0 Å². The first-order valence-electron chi connectivity index (χ1n) is 6.37. The molecular formula is C16H12O8. The van der Waals surface area contributed by atoms with Gasteiger partial charge in [0.05, 0.1) is 22.3 Å². The molecule has 0 saturated carbocycles. The third-order valence-corrected chi connectivity index (χ3v) is 2.75. The topological polar surface area (TPSA) is 149 Å². The fourth-order valence-electron chi connectivity index (χ4n) is 1.69. The smallest absolute Gasteiger partial charge is 0.336 e. The summed E-state index contributed by atoms with van der Waals surface area (Å²) < 4.78 is 0. The van der Waals surface area contributed by atoms with Gasteiger partial charge in [0.25, 0.3) is 0 Å². The molecular weight excluding hydrogens is 320 g/mol. The lowest BCUT2D eigenvalue weighted by atomic mass is 9.98. The van der Waals surface area contributed by atoms with E-state index in [0.29, 0.717) is 12.1 Å². The maximum Gasteiger partial charge on any atom is 0.336 e. The minimum atomic E-state index is -1.66. The van der Waals surface area contributed by atoms with E-state index < -0.39 is 46.1 Å². The average molecular weight is 332 g/mol. The number of benzene rings is 2. The van der Waals surface area contributed by atoms with Crippen LogP contribution in [0.1, 0.15) is 41.4 Å². The van der Waals surface area contributed by atoms with Crippen molar-refractivity contribution < 1.29 is 39.6 Å². The molecule has 0 aromatic heterocycles. The summed E-state index contributed by atoms with van der Waals surface area (Å²) in [6.07, 6.45) is 0. The van der Waals surface area contributed by atoms with Crippen molar-refractivity contribution >= 4 is 23.9 Å². The second kappa shape index (κ2) is 8.08. The Morgan fingerprint density at radius 1 is 0.458 bits per heavy atom. The molecule has 8 nitrogen and oxygen atoms in total. The Morgan fingerprint density at radius 3 is 0.750 bits per heavy atom. The predicted molar refractivity (Wildman–Crippen MR) is 80.7 cm³/mol. The molecule has 0 bridgehead atoms. The highest BCUT2D eigenvalue weighted by atomic mass is 16.4. The molecule has 124 valence electrons.